The average Bonchev–Trinajstić information content (AvgIpc) is 1.14. The lowest BCUT2D eigenvalue weighted by atomic mass is 9.42. The van der Waals surface area contributed by atoms with E-state index in [1.165, 1.54) is 0 Å². The van der Waals surface area contributed by atoms with E-state index in [0.29, 0.717) is 31.3 Å². The number of fused-ring (bicyclic) bond motifs is 3. The van der Waals surface area contributed by atoms with Gasteiger partial charge in [-0.15, -0.1) is 0 Å². The van der Waals surface area contributed by atoms with Gasteiger partial charge in [0, 0.05) is 26.1 Å². The van der Waals surface area contributed by atoms with Crippen molar-refractivity contribution in [2.24, 2.45) is 28.1 Å². The summed E-state index contributed by atoms with van der Waals surface area (Å²) in [6.45, 7) is 6.30. The van der Waals surface area contributed by atoms with Crippen molar-refractivity contribution >= 4 is 5.97 Å². The second-order valence-corrected chi connectivity index (χ2v) is 25.6. The third kappa shape index (κ3) is 14.8. The van der Waals surface area contributed by atoms with Gasteiger partial charge in [-0.25, -0.2) is 0 Å². The van der Waals surface area contributed by atoms with E-state index in [0.717, 1.165) is 0 Å². The van der Waals surface area contributed by atoms with Gasteiger partial charge in [-0.2, -0.15) is 0 Å². The molecule has 0 aromatic rings. The zero-order valence-electron chi connectivity index (χ0n) is 50.4. The molecule has 4 saturated heterocycles. The Morgan fingerprint density at radius 3 is 1.20 bits per heavy atom. The zero-order chi connectivity index (χ0) is 66.9. The van der Waals surface area contributed by atoms with Gasteiger partial charge in [0.25, 0.3) is 6.29 Å². The SMILES string of the molecule is C=C1C[C@@]2(C)CCC3[C@](C)(C(=O)OC(O)/C(OC4OC(CO)C(O)[C@@H](O)C4O)=C(/OC4OC(CO)C(O)C(O)C4O)C(O)CCO)CCC[C@@]3(C)[C@@H]2CC[C@@]1(C)OC(O)/C(OC1OC(CO)C(O)C(O)C1O)=C(\OC1OC(CO)C(O)C(O)C1O)C(O)CCO. The van der Waals surface area contributed by atoms with Gasteiger partial charge in [0.1, 0.15) is 110 Å². The number of carbonyl (C=O) groups excluding carboxylic acids is 1. The first-order chi connectivity index (χ1) is 42.3. The van der Waals surface area contributed by atoms with E-state index in [2.05, 4.69) is 6.58 Å². The molecule has 33 nitrogen and oxygen atoms in total. The highest BCUT2D eigenvalue weighted by Gasteiger charge is 2.64. The molecule has 0 aromatic carbocycles. The van der Waals surface area contributed by atoms with Crippen LogP contribution in [0.25, 0.3) is 0 Å². The summed E-state index contributed by atoms with van der Waals surface area (Å²) in [6, 6.07) is 0. The van der Waals surface area contributed by atoms with Crippen molar-refractivity contribution in [3.8, 4) is 0 Å². The molecule has 4 aliphatic heterocycles. The maximum atomic E-state index is 15.1. The Morgan fingerprint density at radius 2 is 0.833 bits per heavy atom. The maximum Gasteiger partial charge on any atom is 0.314 e. The number of esters is 1. The molecule has 24 unspecified atom stereocenters. The van der Waals surface area contributed by atoms with Crippen LogP contribution in [0.15, 0.2) is 35.2 Å². The van der Waals surface area contributed by atoms with Gasteiger partial charge in [-0.1, -0.05) is 26.8 Å². The molecule has 3 aliphatic carbocycles. The lowest BCUT2D eigenvalue weighted by molar-refractivity contribution is -0.309. The van der Waals surface area contributed by atoms with Gasteiger partial charge in [0.05, 0.1) is 37.4 Å². The standard InChI is InChI=1S/C57H94O33/c1-22-17-54(2)13-7-30-55(3,29(54)8-14-57(22,5)90-48(79)46(88-52-42(77)38(73)34(69)28(21-63)84-52)44(24(65)10-16-59)86-50-40(75)36(71)32(67)26(19-61)82-50)11-6-12-56(30,4)53(80)89-47(78)45(87-51-41(76)37(72)33(68)27(20-62)83-51)43(23(64)9-15-58)85-49-39(74)35(70)31(66)25(18-60)81-49/h23-42,47-52,58-79H,1,6-21H2,2-5H3/b45-43-,46-44+/t23?,24?,25?,26?,27?,28?,29-,30?,31?,32?,33?,34?,35?,36?,37-,38?,39?,40?,41?,42?,47?,48?,49?,50?,51?,52?,54-,55+,56-,57-/m1/s1. The lowest BCUT2D eigenvalue weighted by Gasteiger charge is -2.62. The highest BCUT2D eigenvalue weighted by molar-refractivity contribution is 5.77. The van der Waals surface area contributed by atoms with Crippen LogP contribution in [0.1, 0.15) is 91.9 Å². The highest BCUT2D eigenvalue weighted by atomic mass is 16.8. The molecule has 0 radical (unpaired) electrons. The van der Waals surface area contributed by atoms with E-state index < -0.39 is 257 Å². The first kappa shape index (κ1) is 74.2. The molecule has 0 spiro atoms. The summed E-state index contributed by atoms with van der Waals surface area (Å²) in [5.41, 5.74) is -4.11. The average molecular weight is 1310 g/mol. The van der Waals surface area contributed by atoms with Gasteiger partial charge >= 0.3 is 5.97 Å². The van der Waals surface area contributed by atoms with Gasteiger partial charge in [-0.3, -0.25) is 4.79 Å². The third-order valence-electron chi connectivity index (χ3n) is 19.7. The van der Waals surface area contributed by atoms with E-state index in [4.69, 9.17) is 47.4 Å². The highest BCUT2D eigenvalue weighted by Crippen LogP contribution is 2.68. The minimum atomic E-state index is -2.68. The molecule has 4 heterocycles. The summed E-state index contributed by atoms with van der Waals surface area (Å²) in [4.78, 5) is 15.1. The van der Waals surface area contributed by atoms with E-state index in [1.807, 2.05) is 13.8 Å². The Kier molecular flexibility index (Phi) is 25.0. The van der Waals surface area contributed by atoms with Crippen LogP contribution >= 0.6 is 0 Å². The fourth-order valence-electron chi connectivity index (χ4n) is 14.3. The number of hydrogen-bond acceptors (Lipinski definition) is 33. The van der Waals surface area contributed by atoms with Crippen LogP contribution in [-0.2, 0) is 52.2 Å². The first-order valence-electron chi connectivity index (χ1n) is 30.1. The van der Waals surface area contributed by atoms with Gasteiger partial charge in [0.15, 0.2) is 17.3 Å². The van der Waals surface area contributed by atoms with Crippen LogP contribution in [0.5, 0.6) is 0 Å². The van der Waals surface area contributed by atoms with Crippen molar-refractivity contribution in [2.45, 2.75) is 245 Å². The topological polar surface area (TPSA) is 554 Å². The van der Waals surface area contributed by atoms with Crippen molar-refractivity contribution in [3.63, 3.8) is 0 Å². The van der Waals surface area contributed by atoms with E-state index in [-0.39, 0.29) is 31.6 Å². The number of ether oxygens (including phenoxy) is 10. The van der Waals surface area contributed by atoms with E-state index in [1.54, 1.807) is 13.8 Å². The number of aliphatic hydroxyl groups excluding tert-OH is 22. The van der Waals surface area contributed by atoms with Crippen molar-refractivity contribution in [1.29, 1.82) is 0 Å². The molecule has 7 fully saturated rings. The molecule has 30 atom stereocenters. The molecule has 0 bridgehead atoms. The van der Waals surface area contributed by atoms with Crippen molar-refractivity contribution in [3.05, 3.63) is 35.2 Å². The van der Waals surface area contributed by atoms with Gasteiger partial charge in [-0.05, 0) is 87.0 Å². The Bertz CT molecular complexity index is 2430. The van der Waals surface area contributed by atoms with E-state index >= 15 is 4.79 Å². The maximum absolute atomic E-state index is 15.1. The lowest BCUT2D eigenvalue weighted by Crippen LogP contribution is -2.60. The fraction of sp³-hybridized carbons (Fsp3) is 0.877. The Balaban J connectivity index is 1.21. The predicted molar refractivity (Wildman–Crippen MR) is 294 cm³/mol. The number of hydrogen-bond donors (Lipinski definition) is 22. The van der Waals surface area contributed by atoms with Crippen LogP contribution in [0.3, 0.4) is 0 Å². The number of rotatable bonds is 24. The largest absolute Gasteiger partial charge is 0.460 e. The Labute approximate surface area is 517 Å². The third-order valence-corrected chi connectivity index (χ3v) is 19.7. The molecule has 7 aliphatic rings. The van der Waals surface area contributed by atoms with Crippen LogP contribution in [0.2, 0.25) is 0 Å². The zero-order valence-corrected chi connectivity index (χ0v) is 50.4. The summed E-state index contributed by atoms with van der Waals surface area (Å²) in [5.74, 6) is -5.89. The second kappa shape index (κ2) is 30.3. The second-order valence-electron chi connectivity index (χ2n) is 25.6. The molecular weight excluding hydrogens is 1210 g/mol. The van der Waals surface area contributed by atoms with Crippen molar-refractivity contribution in [1.82, 2.24) is 0 Å². The Hall–Kier alpha value is -3.19. The summed E-state index contributed by atoms with van der Waals surface area (Å²) < 4.78 is 58.0. The molecule has 520 valence electrons. The van der Waals surface area contributed by atoms with Gasteiger partial charge in [0.2, 0.25) is 37.2 Å². The Morgan fingerprint density at radius 1 is 0.478 bits per heavy atom. The number of carbonyl (C=O) groups is 1. The van der Waals surface area contributed by atoms with Crippen molar-refractivity contribution in [2.75, 3.05) is 39.6 Å². The smallest absolute Gasteiger partial charge is 0.314 e. The molecule has 0 amide bonds. The summed E-state index contributed by atoms with van der Waals surface area (Å²) in [6.07, 6.45) is -47.5. The summed E-state index contributed by atoms with van der Waals surface area (Å²) >= 11 is 0. The van der Waals surface area contributed by atoms with Crippen LogP contribution < -0.4 is 0 Å². The van der Waals surface area contributed by atoms with Crippen LogP contribution in [0, 0.1) is 28.1 Å². The number of aliphatic hydroxyl groups is 22. The summed E-state index contributed by atoms with van der Waals surface area (Å²) in [7, 11) is 0. The molecule has 3 saturated carbocycles. The molecule has 33 heteroatoms. The molecule has 7 rings (SSSR count). The van der Waals surface area contributed by atoms with Gasteiger partial charge < -0.3 is 160 Å². The quantitative estimate of drug-likeness (QED) is 0.0185. The molecular formula is C57H94O33. The normalized spacial score (nSPS) is 45.3. The van der Waals surface area contributed by atoms with E-state index in [9.17, 15) is 112 Å². The molecule has 90 heavy (non-hydrogen) atoms. The summed E-state index contributed by atoms with van der Waals surface area (Å²) in [5, 5.41) is 237. The molecule has 22 N–H and O–H groups in total. The van der Waals surface area contributed by atoms with Crippen LogP contribution in [-0.4, -0.2) is 311 Å². The fourth-order valence-corrected chi connectivity index (χ4v) is 14.3. The van der Waals surface area contributed by atoms with Crippen LogP contribution in [0.4, 0.5) is 0 Å². The molecule has 0 aromatic heterocycles. The predicted octanol–water partition coefficient (Wildman–Crippen LogP) is -7.91. The minimum absolute atomic E-state index is 0.0393. The van der Waals surface area contributed by atoms with Crippen molar-refractivity contribution < 1.29 is 165 Å². The minimum Gasteiger partial charge on any atom is -0.460 e. The first-order valence-corrected chi connectivity index (χ1v) is 30.1. The monoisotopic (exact) mass is 1310 g/mol.